The van der Waals surface area contributed by atoms with E-state index >= 15 is 0 Å². The molecule has 0 aliphatic heterocycles. The summed E-state index contributed by atoms with van der Waals surface area (Å²) in [5.41, 5.74) is 0. The molecular formula is C11H19NO4. The van der Waals surface area contributed by atoms with Gasteiger partial charge in [-0.1, -0.05) is 0 Å². The highest BCUT2D eigenvalue weighted by Crippen LogP contribution is 2.25. The smallest absolute Gasteiger partial charge is 0.306 e. The third-order valence-corrected chi connectivity index (χ3v) is 3.02. The molecule has 0 radical (unpaired) electrons. The summed E-state index contributed by atoms with van der Waals surface area (Å²) >= 11 is 0. The van der Waals surface area contributed by atoms with Crippen LogP contribution in [0.2, 0.25) is 0 Å². The van der Waals surface area contributed by atoms with E-state index in [1.165, 1.54) is 0 Å². The fourth-order valence-electron chi connectivity index (χ4n) is 1.97. The van der Waals surface area contributed by atoms with E-state index in [9.17, 15) is 9.59 Å². The van der Waals surface area contributed by atoms with Gasteiger partial charge < -0.3 is 15.2 Å². The van der Waals surface area contributed by atoms with Gasteiger partial charge in [-0.15, -0.1) is 0 Å². The number of carboxylic acids is 1. The number of amides is 1. The van der Waals surface area contributed by atoms with Crippen LogP contribution in [-0.4, -0.2) is 36.2 Å². The molecule has 0 spiro atoms. The second-order valence-corrected chi connectivity index (χ2v) is 4.36. The van der Waals surface area contributed by atoms with E-state index in [0.29, 0.717) is 19.3 Å². The van der Waals surface area contributed by atoms with Gasteiger partial charge in [0, 0.05) is 13.2 Å². The standard InChI is InChI=1S/C11H19NO4/c1-7(16-2)5-10(13)12-9-4-3-8(6-9)11(14)15/h7-9H,3-6H2,1-2H3,(H,12,13)(H,14,15). The summed E-state index contributed by atoms with van der Waals surface area (Å²) in [6.45, 7) is 1.83. The molecule has 92 valence electrons. The summed E-state index contributed by atoms with van der Waals surface area (Å²) in [4.78, 5) is 22.2. The van der Waals surface area contributed by atoms with E-state index in [0.717, 1.165) is 6.42 Å². The van der Waals surface area contributed by atoms with E-state index in [2.05, 4.69) is 5.32 Å². The maximum atomic E-state index is 11.5. The van der Waals surface area contributed by atoms with Crippen molar-refractivity contribution in [3.05, 3.63) is 0 Å². The molecule has 3 atom stereocenters. The van der Waals surface area contributed by atoms with Crippen molar-refractivity contribution in [3.8, 4) is 0 Å². The van der Waals surface area contributed by atoms with Crippen LogP contribution in [0.1, 0.15) is 32.6 Å². The minimum atomic E-state index is -0.762. The number of ether oxygens (including phenoxy) is 1. The molecule has 1 rings (SSSR count). The molecule has 1 aliphatic rings. The van der Waals surface area contributed by atoms with Gasteiger partial charge in [-0.05, 0) is 26.2 Å². The number of rotatable bonds is 5. The molecule has 0 saturated heterocycles. The SMILES string of the molecule is COC(C)CC(=O)NC1CCC(C(=O)O)C1. The van der Waals surface area contributed by atoms with Gasteiger partial charge in [0.25, 0.3) is 0 Å². The normalized spacial score (nSPS) is 26.4. The third-order valence-electron chi connectivity index (χ3n) is 3.02. The minimum Gasteiger partial charge on any atom is -0.481 e. The van der Waals surface area contributed by atoms with Crippen LogP contribution >= 0.6 is 0 Å². The highest BCUT2D eigenvalue weighted by atomic mass is 16.5. The lowest BCUT2D eigenvalue weighted by molar-refractivity contribution is -0.141. The van der Waals surface area contributed by atoms with Crippen molar-refractivity contribution in [1.29, 1.82) is 0 Å². The van der Waals surface area contributed by atoms with Crippen LogP contribution in [0.3, 0.4) is 0 Å². The van der Waals surface area contributed by atoms with Gasteiger partial charge in [-0.25, -0.2) is 0 Å². The van der Waals surface area contributed by atoms with Crippen LogP contribution in [0, 0.1) is 5.92 Å². The highest BCUT2D eigenvalue weighted by molar-refractivity contribution is 5.77. The van der Waals surface area contributed by atoms with Crippen molar-refractivity contribution < 1.29 is 19.4 Å². The summed E-state index contributed by atoms with van der Waals surface area (Å²) in [5, 5.41) is 11.7. The van der Waals surface area contributed by atoms with Gasteiger partial charge in [0.15, 0.2) is 0 Å². The molecule has 0 aromatic rings. The maximum Gasteiger partial charge on any atom is 0.306 e. The predicted octanol–water partition coefficient (Wildman–Crippen LogP) is 0.781. The van der Waals surface area contributed by atoms with Crippen molar-refractivity contribution in [1.82, 2.24) is 5.32 Å². The van der Waals surface area contributed by atoms with Gasteiger partial charge in [-0.3, -0.25) is 9.59 Å². The van der Waals surface area contributed by atoms with Gasteiger partial charge in [0.1, 0.15) is 0 Å². The van der Waals surface area contributed by atoms with Crippen LogP contribution in [0.15, 0.2) is 0 Å². The van der Waals surface area contributed by atoms with Crippen LogP contribution < -0.4 is 5.32 Å². The van der Waals surface area contributed by atoms with Crippen molar-refractivity contribution in [2.45, 2.75) is 44.8 Å². The zero-order valence-electron chi connectivity index (χ0n) is 9.73. The number of carbonyl (C=O) groups excluding carboxylic acids is 1. The number of nitrogens with one attached hydrogen (secondary N) is 1. The zero-order valence-corrected chi connectivity index (χ0v) is 9.73. The highest BCUT2D eigenvalue weighted by Gasteiger charge is 2.30. The Labute approximate surface area is 95.2 Å². The van der Waals surface area contributed by atoms with Crippen LogP contribution in [0.5, 0.6) is 0 Å². The van der Waals surface area contributed by atoms with E-state index in [-0.39, 0.29) is 24.0 Å². The molecule has 16 heavy (non-hydrogen) atoms. The van der Waals surface area contributed by atoms with E-state index < -0.39 is 5.97 Å². The number of carbonyl (C=O) groups is 2. The maximum absolute atomic E-state index is 11.5. The number of hydrogen-bond acceptors (Lipinski definition) is 3. The number of aliphatic carboxylic acids is 1. The van der Waals surface area contributed by atoms with Crippen molar-refractivity contribution in [2.75, 3.05) is 7.11 Å². The second-order valence-electron chi connectivity index (χ2n) is 4.36. The molecule has 1 aliphatic carbocycles. The Morgan fingerprint density at radius 2 is 2.19 bits per heavy atom. The topological polar surface area (TPSA) is 75.6 Å². The van der Waals surface area contributed by atoms with E-state index in [1.807, 2.05) is 6.92 Å². The fraction of sp³-hybridized carbons (Fsp3) is 0.818. The predicted molar refractivity (Wildman–Crippen MR) is 58.0 cm³/mol. The average molecular weight is 229 g/mol. The molecule has 5 heteroatoms. The summed E-state index contributed by atoms with van der Waals surface area (Å²) in [6.07, 6.45) is 2.17. The van der Waals surface area contributed by atoms with Crippen molar-refractivity contribution in [2.24, 2.45) is 5.92 Å². The first-order valence-electron chi connectivity index (χ1n) is 5.58. The Bertz CT molecular complexity index is 267. The van der Waals surface area contributed by atoms with Crippen molar-refractivity contribution in [3.63, 3.8) is 0 Å². The molecule has 2 N–H and O–H groups in total. The van der Waals surface area contributed by atoms with E-state index in [1.54, 1.807) is 7.11 Å². The lowest BCUT2D eigenvalue weighted by Gasteiger charge is -2.14. The summed E-state index contributed by atoms with van der Waals surface area (Å²) in [7, 11) is 1.56. The van der Waals surface area contributed by atoms with Crippen LogP contribution in [0.25, 0.3) is 0 Å². The number of hydrogen-bond donors (Lipinski definition) is 2. The molecule has 0 aromatic carbocycles. The van der Waals surface area contributed by atoms with Crippen LogP contribution in [-0.2, 0) is 14.3 Å². The number of methoxy groups -OCH3 is 1. The molecule has 0 heterocycles. The molecule has 3 unspecified atom stereocenters. The van der Waals surface area contributed by atoms with Gasteiger partial charge in [0.2, 0.25) is 5.91 Å². The summed E-state index contributed by atoms with van der Waals surface area (Å²) < 4.78 is 4.99. The molecule has 5 nitrogen and oxygen atoms in total. The summed E-state index contributed by atoms with van der Waals surface area (Å²) in [5.74, 6) is -1.13. The average Bonchev–Trinajstić information content (AvgIpc) is 2.65. The monoisotopic (exact) mass is 229 g/mol. The number of carboxylic acid groups (broad SMARTS) is 1. The Hall–Kier alpha value is -1.10. The van der Waals surface area contributed by atoms with Gasteiger partial charge in [-0.2, -0.15) is 0 Å². The molecule has 1 amide bonds. The summed E-state index contributed by atoms with van der Waals surface area (Å²) in [6, 6.07) is 0.0117. The Balaban J connectivity index is 2.28. The fourth-order valence-corrected chi connectivity index (χ4v) is 1.97. The van der Waals surface area contributed by atoms with Gasteiger partial charge >= 0.3 is 5.97 Å². The third kappa shape index (κ3) is 3.81. The Morgan fingerprint density at radius 1 is 1.50 bits per heavy atom. The first-order valence-corrected chi connectivity index (χ1v) is 5.58. The lowest BCUT2D eigenvalue weighted by atomic mass is 10.1. The lowest BCUT2D eigenvalue weighted by Crippen LogP contribution is -2.35. The van der Waals surface area contributed by atoms with E-state index in [4.69, 9.17) is 9.84 Å². The molecule has 1 fully saturated rings. The molecule has 0 aromatic heterocycles. The van der Waals surface area contributed by atoms with Gasteiger partial charge in [0.05, 0.1) is 18.4 Å². The first kappa shape index (κ1) is 13.0. The van der Waals surface area contributed by atoms with Crippen LogP contribution in [0.4, 0.5) is 0 Å². The Morgan fingerprint density at radius 3 is 2.69 bits per heavy atom. The minimum absolute atomic E-state index is 0.0117. The van der Waals surface area contributed by atoms with Crippen molar-refractivity contribution >= 4 is 11.9 Å². The second kappa shape index (κ2) is 5.84. The quantitative estimate of drug-likeness (QED) is 0.730. The largest absolute Gasteiger partial charge is 0.481 e. The zero-order chi connectivity index (χ0) is 12.1. The Kier molecular flexibility index (Phi) is 4.73. The molecule has 1 saturated carbocycles. The first-order chi connectivity index (χ1) is 7.52. The molecule has 0 bridgehead atoms. The molecular weight excluding hydrogens is 210 g/mol.